The number of fused-ring (bicyclic) bond motifs is 1. The SMILES string of the molecule is O=c1oc2cccc(CS(=O)(=O)Cl)c2s1. The minimum atomic E-state index is -3.62. The summed E-state index contributed by atoms with van der Waals surface area (Å²) in [6.07, 6.45) is 0. The molecule has 4 nitrogen and oxygen atoms in total. The van der Waals surface area contributed by atoms with E-state index >= 15 is 0 Å². The molecule has 0 unspecified atom stereocenters. The average Bonchev–Trinajstić information content (AvgIpc) is 2.43. The molecular weight excluding hydrogens is 260 g/mol. The van der Waals surface area contributed by atoms with Crippen LogP contribution in [0.4, 0.5) is 0 Å². The first-order valence-electron chi connectivity index (χ1n) is 3.89. The van der Waals surface area contributed by atoms with E-state index in [0.29, 0.717) is 15.8 Å². The van der Waals surface area contributed by atoms with Crippen LogP contribution < -0.4 is 4.94 Å². The summed E-state index contributed by atoms with van der Waals surface area (Å²) in [5, 5.41) is 0. The van der Waals surface area contributed by atoms with E-state index in [-0.39, 0.29) is 5.75 Å². The molecule has 1 heterocycles. The van der Waals surface area contributed by atoms with Crippen molar-refractivity contribution in [1.29, 1.82) is 0 Å². The molecule has 0 aliphatic heterocycles. The number of benzene rings is 1. The molecule has 2 aromatic rings. The Balaban J connectivity index is 2.65. The van der Waals surface area contributed by atoms with Crippen molar-refractivity contribution in [2.24, 2.45) is 0 Å². The lowest BCUT2D eigenvalue weighted by atomic mass is 10.2. The van der Waals surface area contributed by atoms with Gasteiger partial charge in [0, 0.05) is 10.7 Å². The summed E-state index contributed by atoms with van der Waals surface area (Å²) in [7, 11) is 1.52. The van der Waals surface area contributed by atoms with Crippen molar-refractivity contribution in [3.63, 3.8) is 0 Å². The van der Waals surface area contributed by atoms with E-state index in [0.717, 1.165) is 11.3 Å². The molecule has 0 aliphatic rings. The summed E-state index contributed by atoms with van der Waals surface area (Å²) in [6.45, 7) is 0. The molecule has 2 rings (SSSR count). The maximum absolute atomic E-state index is 11.0. The van der Waals surface area contributed by atoms with Crippen molar-refractivity contribution in [3.8, 4) is 0 Å². The van der Waals surface area contributed by atoms with Gasteiger partial charge >= 0.3 is 4.94 Å². The molecule has 1 aromatic heterocycles. The van der Waals surface area contributed by atoms with Crippen LogP contribution in [0.5, 0.6) is 0 Å². The third-order valence-corrected chi connectivity index (χ3v) is 3.67. The minimum absolute atomic E-state index is 0.304. The Morgan fingerprint density at radius 2 is 2.13 bits per heavy atom. The van der Waals surface area contributed by atoms with Crippen LogP contribution in [-0.4, -0.2) is 8.42 Å². The molecule has 0 bridgehead atoms. The molecule has 7 heteroatoms. The quantitative estimate of drug-likeness (QED) is 0.778. The van der Waals surface area contributed by atoms with Crippen molar-refractivity contribution in [1.82, 2.24) is 0 Å². The van der Waals surface area contributed by atoms with Crippen LogP contribution in [0.15, 0.2) is 27.4 Å². The zero-order valence-electron chi connectivity index (χ0n) is 7.27. The van der Waals surface area contributed by atoms with E-state index in [4.69, 9.17) is 15.1 Å². The van der Waals surface area contributed by atoms with Gasteiger partial charge in [0.05, 0.1) is 10.5 Å². The topological polar surface area (TPSA) is 64.3 Å². The van der Waals surface area contributed by atoms with Crippen LogP contribution in [0.3, 0.4) is 0 Å². The summed E-state index contributed by atoms with van der Waals surface area (Å²) in [5.74, 6) is -0.304. The monoisotopic (exact) mass is 264 g/mol. The third-order valence-electron chi connectivity index (χ3n) is 1.77. The molecule has 0 N–H and O–H groups in total. The molecule has 0 atom stereocenters. The van der Waals surface area contributed by atoms with E-state index in [9.17, 15) is 13.2 Å². The number of hydrogen-bond acceptors (Lipinski definition) is 5. The molecule has 0 amide bonds. The Bertz CT molecular complexity index is 653. The molecule has 0 spiro atoms. The highest BCUT2D eigenvalue weighted by atomic mass is 35.7. The Morgan fingerprint density at radius 3 is 2.80 bits per heavy atom. The van der Waals surface area contributed by atoms with Gasteiger partial charge in [0.25, 0.3) is 0 Å². The van der Waals surface area contributed by atoms with Gasteiger partial charge in [-0.1, -0.05) is 23.5 Å². The van der Waals surface area contributed by atoms with E-state index < -0.39 is 14.0 Å². The van der Waals surface area contributed by atoms with Crippen LogP contribution in [0, 0.1) is 0 Å². The second kappa shape index (κ2) is 3.62. The van der Waals surface area contributed by atoms with Crippen molar-refractivity contribution < 1.29 is 12.8 Å². The first kappa shape index (κ1) is 10.7. The molecule has 0 saturated carbocycles. The predicted molar refractivity (Wildman–Crippen MR) is 58.8 cm³/mol. The van der Waals surface area contributed by atoms with Gasteiger partial charge in [0.15, 0.2) is 0 Å². The van der Waals surface area contributed by atoms with E-state index in [2.05, 4.69) is 0 Å². The Hall–Kier alpha value is -0.850. The van der Waals surface area contributed by atoms with Gasteiger partial charge in [-0.05, 0) is 11.6 Å². The van der Waals surface area contributed by atoms with Gasteiger partial charge in [0.1, 0.15) is 5.58 Å². The molecule has 15 heavy (non-hydrogen) atoms. The molecule has 1 aromatic carbocycles. The predicted octanol–water partition coefficient (Wildman–Crippen LogP) is 1.92. The van der Waals surface area contributed by atoms with Gasteiger partial charge in [0.2, 0.25) is 9.05 Å². The second-order valence-electron chi connectivity index (χ2n) is 2.88. The zero-order chi connectivity index (χ0) is 11.1. The maximum atomic E-state index is 11.0. The minimum Gasteiger partial charge on any atom is -0.414 e. The van der Waals surface area contributed by atoms with E-state index in [1.807, 2.05) is 0 Å². The Labute approximate surface area is 93.5 Å². The van der Waals surface area contributed by atoms with E-state index in [1.165, 1.54) is 0 Å². The summed E-state index contributed by atoms with van der Waals surface area (Å²) in [6, 6.07) is 4.83. The lowest BCUT2D eigenvalue weighted by molar-refractivity contribution is 0.585. The van der Waals surface area contributed by atoms with Gasteiger partial charge in [-0.2, -0.15) is 0 Å². The van der Waals surface area contributed by atoms with Crippen molar-refractivity contribution in [2.45, 2.75) is 5.75 Å². The van der Waals surface area contributed by atoms with Crippen molar-refractivity contribution in [2.75, 3.05) is 0 Å². The summed E-state index contributed by atoms with van der Waals surface area (Å²) in [4.78, 5) is 10.5. The van der Waals surface area contributed by atoms with Crippen LogP contribution >= 0.6 is 22.0 Å². The van der Waals surface area contributed by atoms with Gasteiger partial charge in [-0.3, -0.25) is 0 Å². The molecule has 0 radical (unpaired) electrons. The first-order chi connectivity index (χ1) is 6.96. The summed E-state index contributed by atoms with van der Waals surface area (Å²) < 4.78 is 27.2. The van der Waals surface area contributed by atoms with Gasteiger partial charge in [-0.25, -0.2) is 13.2 Å². The second-order valence-corrected chi connectivity index (χ2v) is 6.60. The van der Waals surface area contributed by atoms with E-state index in [1.54, 1.807) is 18.2 Å². The number of halogens is 1. The molecule has 80 valence electrons. The van der Waals surface area contributed by atoms with Crippen LogP contribution in [0.25, 0.3) is 10.3 Å². The molecule has 0 aliphatic carbocycles. The van der Waals surface area contributed by atoms with Crippen LogP contribution in [0.2, 0.25) is 0 Å². The normalized spacial score (nSPS) is 12.1. The average molecular weight is 265 g/mol. The number of hydrogen-bond donors (Lipinski definition) is 0. The number of rotatable bonds is 2. The van der Waals surface area contributed by atoms with Crippen molar-refractivity contribution in [3.05, 3.63) is 33.5 Å². The van der Waals surface area contributed by atoms with Crippen molar-refractivity contribution >= 4 is 41.4 Å². The Morgan fingerprint density at radius 1 is 1.40 bits per heavy atom. The largest absolute Gasteiger partial charge is 0.414 e. The fourth-order valence-corrected chi connectivity index (χ4v) is 3.09. The smallest absolute Gasteiger partial charge is 0.396 e. The molecule has 0 fully saturated rings. The summed E-state index contributed by atoms with van der Waals surface area (Å²) in [5.41, 5.74) is 0.876. The highest BCUT2D eigenvalue weighted by molar-refractivity contribution is 8.13. The summed E-state index contributed by atoms with van der Waals surface area (Å²) >= 11 is 0.874. The molecule has 0 saturated heterocycles. The third kappa shape index (κ3) is 2.39. The fraction of sp³-hybridized carbons (Fsp3) is 0.125. The fourth-order valence-electron chi connectivity index (χ4n) is 1.25. The lowest BCUT2D eigenvalue weighted by Crippen LogP contribution is -1.94. The Kier molecular flexibility index (Phi) is 2.57. The van der Waals surface area contributed by atoms with Gasteiger partial charge < -0.3 is 4.42 Å². The highest BCUT2D eigenvalue weighted by Crippen LogP contribution is 2.24. The maximum Gasteiger partial charge on any atom is 0.396 e. The van der Waals surface area contributed by atoms with Crippen LogP contribution in [0.1, 0.15) is 5.56 Å². The lowest BCUT2D eigenvalue weighted by Gasteiger charge is -1.97. The van der Waals surface area contributed by atoms with Gasteiger partial charge in [-0.15, -0.1) is 0 Å². The first-order valence-corrected chi connectivity index (χ1v) is 7.19. The highest BCUT2D eigenvalue weighted by Gasteiger charge is 2.13. The van der Waals surface area contributed by atoms with Crippen LogP contribution in [-0.2, 0) is 14.8 Å². The zero-order valence-corrected chi connectivity index (χ0v) is 9.66. The standard InChI is InChI=1S/C8H5ClO4S2/c9-15(11,12)4-5-2-1-3-6-7(5)14-8(10)13-6/h1-3H,4H2. The molecular formula is C8H5ClO4S2.